The monoisotopic (exact) mass is 330 g/mol. The Kier molecular flexibility index (Phi) is 4.76. The van der Waals surface area contributed by atoms with E-state index in [1.54, 1.807) is 17.0 Å². The van der Waals surface area contributed by atoms with Crippen LogP contribution in [0.2, 0.25) is 0 Å². The Hall–Kier alpha value is -2.47. The van der Waals surface area contributed by atoms with Crippen molar-refractivity contribution in [1.29, 1.82) is 0 Å². The molecule has 24 heavy (non-hydrogen) atoms. The summed E-state index contributed by atoms with van der Waals surface area (Å²) in [5, 5.41) is 10.2. The molecule has 5 nitrogen and oxygen atoms in total. The number of aromatic amines is 1. The van der Waals surface area contributed by atoms with Crippen LogP contribution < -0.4 is 5.56 Å². The summed E-state index contributed by atoms with van der Waals surface area (Å²) >= 11 is 0. The molecule has 0 spiro atoms. The molecule has 0 unspecified atom stereocenters. The van der Waals surface area contributed by atoms with E-state index in [2.05, 4.69) is 4.98 Å². The number of hydrogen-bond acceptors (Lipinski definition) is 3. The minimum absolute atomic E-state index is 0.167. The van der Waals surface area contributed by atoms with Crippen molar-refractivity contribution in [3.8, 4) is 0 Å². The molecular weight excluding hydrogens is 311 g/mol. The maximum atomic E-state index is 13.3. The van der Waals surface area contributed by atoms with Crippen LogP contribution in [0.4, 0.5) is 4.39 Å². The summed E-state index contributed by atoms with van der Waals surface area (Å²) in [6.07, 6.45) is 0.420. The summed E-state index contributed by atoms with van der Waals surface area (Å²) in [6.45, 7) is 0.796. The van der Waals surface area contributed by atoms with Gasteiger partial charge in [0.25, 0.3) is 5.91 Å². The standard InChI is InChI=1S/C18H19FN2O3/c19-14-4-1-3-12(10-14)9-13-11-21(8-7-16(13)22)18(24)15-5-2-6-17(23)20-15/h1-6,10,13,16,22H,7-9,11H2,(H,20,23)/t13-,16+/m1/s1. The molecule has 126 valence electrons. The van der Waals surface area contributed by atoms with E-state index in [0.717, 1.165) is 5.56 Å². The highest BCUT2D eigenvalue weighted by Gasteiger charge is 2.31. The van der Waals surface area contributed by atoms with Gasteiger partial charge in [-0.05, 0) is 36.6 Å². The minimum Gasteiger partial charge on any atom is -0.393 e. The molecule has 2 N–H and O–H groups in total. The summed E-state index contributed by atoms with van der Waals surface area (Å²) in [5.74, 6) is -0.739. The Morgan fingerprint density at radius 1 is 1.29 bits per heavy atom. The van der Waals surface area contributed by atoms with Crippen LogP contribution in [0.5, 0.6) is 0 Å². The number of hydrogen-bond donors (Lipinski definition) is 2. The molecule has 1 saturated heterocycles. The van der Waals surface area contributed by atoms with Gasteiger partial charge in [-0.25, -0.2) is 4.39 Å². The van der Waals surface area contributed by atoms with Gasteiger partial charge in [0.2, 0.25) is 5.56 Å². The van der Waals surface area contributed by atoms with E-state index in [9.17, 15) is 19.1 Å². The third kappa shape index (κ3) is 3.71. The number of pyridine rings is 1. The molecule has 2 atom stereocenters. The molecule has 3 rings (SSSR count). The number of piperidine rings is 1. The average molecular weight is 330 g/mol. The zero-order chi connectivity index (χ0) is 17.1. The van der Waals surface area contributed by atoms with E-state index in [1.165, 1.54) is 24.3 Å². The van der Waals surface area contributed by atoms with Crippen molar-refractivity contribution in [2.45, 2.75) is 18.9 Å². The molecule has 1 aliphatic rings. The Morgan fingerprint density at radius 2 is 2.08 bits per heavy atom. The van der Waals surface area contributed by atoms with Gasteiger partial charge >= 0.3 is 0 Å². The Labute approximate surface area is 138 Å². The maximum absolute atomic E-state index is 13.3. The first-order valence-corrected chi connectivity index (χ1v) is 7.94. The van der Waals surface area contributed by atoms with Gasteiger partial charge in [0, 0.05) is 25.1 Å². The number of halogens is 1. The van der Waals surface area contributed by atoms with E-state index in [1.807, 2.05) is 6.07 Å². The second-order valence-electron chi connectivity index (χ2n) is 6.13. The first kappa shape index (κ1) is 16.4. The molecule has 2 heterocycles. The van der Waals surface area contributed by atoms with Crippen molar-refractivity contribution in [2.75, 3.05) is 13.1 Å². The summed E-state index contributed by atoms with van der Waals surface area (Å²) < 4.78 is 13.3. The molecule has 0 bridgehead atoms. The summed E-state index contributed by atoms with van der Waals surface area (Å²) in [6, 6.07) is 10.7. The normalized spacial score (nSPS) is 20.8. The van der Waals surface area contributed by atoms with Crippen molar-refractivity contribution >= 4 is 5.91 Å². The minimum atomic E-state index is -0.535. The van der Waals surface area contributed by atoms with Crippen molar-refractivity contribution in [3.63, 3.8) is 0 Å². The van der Waals surface area contributed by atoms with Gasteiger partial charge in [-0.2, -0.15) is 0 Å². The Bertz CT molecular complexity index is 790. The van der Waals surface area contributed by atoms with E-state index < -0.39 is 6.10 Å². The highest BCUT2D eigenvalue weighted by atomic mass is 19.1. The lowest BCUT2D eigenvalue weighted by molar-refractivity contribution is 0.0238. The summed E-state index contributed by atoms with van der Waals surface area (Å²) in [5.41, 5.74) is 0.707. The maximum Gasteiger partial charge on any atom is 0.270 e. The lowest BCUT2D eigenvalue weighted by Crippen LogP contribution is -2.47. The van der Waals surface area contributed by atoms with Crippen LogP contribution in [-0.4, -0.2) is 40.1 Å². The molecule has 1 aliphatic heterocycles. The topological polar surface area (TPSA) is 73.4 Å². The first-order valence-electron chi connectivity index (χ1n) is 7.94. The molecule has 0 radical (unpaired) electrons. The molecule has 0 aliphatic carbocycles. The predicted octanol–water partition coefficient (Wildman–Crippen LogP) is 1.58. The van der Waals surface area contributed by atoms with Gasteiger partial charge in [0.05, 0.1) is 6.10 Å². The van der Waals surface area contributed by atoms with Gasteiger partial charge in [-0.15, -0.1) is 0 Å². The molecule has 1 fully saturated rings. The van der Waals surface area contributed by atoms with Gasteiger partial charge < -0.3 is 15.0 Å². The third-order valence-corrected chi connectivity index (χ3v) is 4.37. The van der Waals surface area contributed by atoms with E-state index in [4.69, 9.17) is 0 Å². The number of benzene rings is 1. The Balaban J connectivity index is 1.73. The van der Waals surface area contributed by atoms with Gasteiger partial charge in [-0.3, -0.25) is 9.59 Å². The van der Waals surface area contributed by atoms with E-state index in [-0.39, 0.29) is 28.9 Å². The zero-order valence-electron chi connectivity index (χ0n) is 13.1. The van der Waals surface area contributed by atoms with Gasteiger partial charge in [0.1, 0.15) is 11.5 Å². The second-order valence-corrected chi connectivity index (χ2v) is 6.13. The number of H-pyrrole nitrogens is 1. The van der Waals surface area contributed by atoms with Crippen LogP contribution in [0.15, 0.2) is 47.3 Å². The lowest BCUT2D eigenvalue weighted by atomic mass is 9.88. The fraction of sp³-hybridized carbons (Fsp3) is 0.333. The van der Waals surface area contributed by atoms with Crippen LogP contribution in [0.25, 0.3) is 0 Å². The van der Waals surface area contributed by atoms with E-state index >= 15 is 0 Å². The van der Waals surface area contributed by atoms with Crippen LogP contribution >= 0.6 is 0 Å². The quantitative estimate of drug-likeness (QED) is 0.897. The number of aromatic nitrogens is 1. The van der Waals surface area contributed by atoms with Gasteiger partial charge in [-0.1, -0.05) is 18.2 Å². The van der Waals surface area contributed by atoms with Crippen molar-refractivity contribution in [3.05, 3.63) is 69.9 Å². The number of carbonyl (C=O) groups is 1. The number of nitrogens with zero attached hydrogens (tertiary/aromatic N) is 1. The number of amides is 1. The van der Waals surface area contributed by atoms with Crippen LogP contribution in [0.1, 0.15) is 22.5 Å². The van der Waals surface area contributed by atoms with Crippen LogP contribution in [-0.2, 0) is 6.42 Å². The lowest BCUT2D eigenvalue weighted by Gasteiger charge is -2.36. The number of aliphatic hydroxyl groups excluding tert-OH is 1. The highest BCUT2D eigenvalue weighted by Crippen LogP contribution is 2.23. The number of aliphatic hydroxyl groups is 1. The SMILES string of the molecule is O=C(c1cccc(=O)[nH]1)N1CC[C@H](O)[C@H](Cc2cccc(F)c2)C1. The van der Waals surface area contributed by atoms with Crippen LogP contribution in [0.3, 0.4) is 0 Å². The molecule has 2 aromatic rings. The third-order valence-electron chi connectivity index (χ3n) is 4.37. The fourth-order valence-corrected chi connectivity index (χ4v) is 3.11. The molecule has 1 aromatic heterocycles. The van der Waals surface area contributed by atoms with Crippen molar-refractivity contribution in [2.24, 2.45) is 5.92 Å². The molecule has 1 aromatic carbocycles. The van der Waals surface area contributed by atoms with E-state index in [0.29, 0.717) is 25.9 Å². The zero-order valence-corrected chi connectivity index (χ0v) is 13.1. The average Bonchev–Trinajstić information content (AvgIpc) is 2.56. The molecule has 1 amide bonds. The molecular formula is C18H19FN2O3. The van der Waals surface area contributed by atoms with Crippen molar-refractivity contribution < 1.29 is 14.3 Å². The smallest absolute Gasteiger partial charge is 0.270 e. The number of carbonyl (C=O) groups excluding carboxylic acids is 1. The number of rotatable bonds is 3. The van der Waals surface area contributed by atoms with Crippen molar-refractivity contribution in [1.82, 2.24) is 9.88 Å². The summed E-state index contributed by atoms with van der Waals surface area (Å²) in [4.78, 5) is 28.0. The number of likely N-dealkylation sites (tertiary alicyclic amines) is 1. The Morgan fingerprint density at radius 3 is 2.83 bits per heavy atom. The first-order chi connectivity index (χ1) is 11.5. The molecule has 6 heteroatoms. The highest BCUT2D eigenvalue weighted by molar-refractivity contribution is 5.92. The largest absolute Gasteiger partial charge is 0.393 e. The molecule has 0 saturated carbocycles. The van der Waals surface area contributed by atoms with Crippen LogP contribution in [0, 0.1) is 11.7 Å². The number of nitrogens with one attached hydrogen (secondary N) is 1. The van der Waals surface area contributed by atoms with Gasteiger partial charge in [0.15, 0.2) is 0 Å². The summed E-state index contributed by atoms with van der Waals surface area (Å²) in [7, 11) is 0. The predicted molar refractivity (Wildman–Crippen MR) is 87.2 cm³/mol. The fourth-order valence-electron chi connectivity index (χ4n) is 3.11. The second kappa shape index (κ2) is 6.97.